The van der Waals surface area contributed by atoms with E-state index in [0.717, 1.165) is 13.1 Å². The number of likely N-dealkylation sites (N-methyl/N-ethyl adjacent to an activating group) is 1. The summed E-state index contributed by atoms with van der Waals surface area (Å²) in [5.41, 5.74) is 0. The molecular formula is C30H24N2O10. The second-order valence-electron chi connectivity index (χ2n) is 9.41. The monoisotopic (exact) mass is 572 g/mol. The Morgan fingerprint density at radius 1 is 0.714 bits per heavy atom. The molecule has 6 rings (SSSR count). The molecule has 0 bridgehead atoms. The fourth-order valence-corrected chi connectivity index (χ4v) is 5.48. The number of rotatable bonds is 7. The van der Waals surface area contributed by atoms with Gasteiger partial charge in [0.25, 0.3) is 0 Å². The molecule has 0 spiro atoms. The van der Waals surface area contributed by atoms with Gasteiger partial charge in [0.2, 0.25) is 0 Å². The Labute approximate surface area is 237 Å². The quantitative estimate of drug-likeness (QED) is 0.0956. The van der Waals surface area contributed by atoms with E-state index in [1.807, 2.05) is 19.9 Å². The van der Waals surface area contributed by atoms with Gasteiger partial charge in [0.1, 0.15) is 23.0 Å². The van der Waals surface area contributed by atoms with Crippen molar-refractivity contribution < 1.29 is 48.3 Å². The number of benzene rings is 5. The minimum Gasteiger partial charge on any atom is -0.449 e. The molecule has 0 unspecified atom stereocenters. The average Bonchev–Trinajstić information content (AvgIpc) is 2.94. The van der Waals surface area contributed by atoms with Crippen molar-refractivity contribution in [3.05, 3.63) is 48.5 Å². The fraction of sp³-hybridized carbons (Fsp3) is 0.200. The highest BCUT2D eigenvalue weighted by Gasteiger charge is 2.27. The van der Waals surface area contributed by atoms with E-state index in [-0.39, 0.29) is 28.7 Å². The van der Waals surface area contributed by atoms with E-state index in [0.29, 0.717) is 56.5 Å². The first-order chi connectivity index (χ1) is 20.3. The summed E-state index contributed by atoms with van der Waals surface area (Å²) in [6.45, 7) is 6.79. The number of cyclic esters (lactones) is 1. The summed E-state index contributed by atoms with van der Waals surface area (Å²) in [7, 11) is 0. The third-order valence-electron chi connectivity index (χ3n) is 7.26. The Kier molecular flexibility index (Phi) is 6.75. The van der Waals surface area contributed by atoms with Gasteiger partial charge in [0, 0.05) is 17.3 Å². The van der Waals surface area contributed by atoms with Gasteiger partial charge in [0.05, 0.1) is 17.3 Å². The first-order valence-electron chi connectivity index (χ1n) is 13.1. The van der Waals surface area contributed by atoms with Gasteiger partial charge in [-0.3, -0.25) is 0 Å². The molecule has 1 aliphatic rings. The second-order valence-corrected chi connectivity index (χ2v) is 9.41. The zero-order valence-corrected chi connectivity index (χ0v) is 22.5. The van der Waals surface area contributed by atoms with Crippen LogP contribution in [0, 0.1) is 0 Å². The van der Waals surface area contributed by atoms with Crippen LogP contribution >= 0.6 is 0 Å². The summed E-state index contributed by atoms with van der Waals surface area (Å²) in [4.78, 5) is 42.0. The van der Waals surface area contributed by atoms with Gasteiger partial charge in [0.15, 0.2) is 0 Å². The molecule has 5 aromatic rings. The van der Waals surface area contributed by atoms with Crippen LogP contribution < -0.4 is 18.9 Å². The number of nitrogens with zero attached hydrogens (tertiary/aromatic N) is 2. The van der Waals surface area contributed by atoms with Gasteiger partial charge < -0.3 is 38.8 Å². The highest BCUT2D eigenvalue weighted by Crippen LogP contribution is 2.49. The minimum atomic E-state index is -1.56. The molecule has 0 atom stereocenters. The van der Waals surface area contributed by atoms with E-state index in [1.54, 1.807) is 30.3 Å². The first-order valence-corrected chi connectivity index (χ1v) is 13.1. The Morgan fingerprint density at radius 3 is 1.74 bits per heavy atom. The number of ether oxygens (including phenoxy) is 5. The van der Waals surface area contributed by atoms with E-state index in [2.05, 4.69) is 9.89 Å². The SMILES string of the molecule is CCN(CC)CCN=C1OC(=O)Oc2ccc3c4ccc(OC(=O)O)c5c(OC(=O)O)ccc(c6ccc(c2c36)O1)c54. The zero-order chi connectivity index (χ0) is 29.5. The molecule has 1 aliphatic heterocycles. The summed E-state index contributed by atoms with van der Waals surface area (Å²) in [6.07, 6.45) is -4.35. The standard InChI is InChI=1S/C30H24N2O10/c1-3-32(4-2)14-13-31-27-38-19-9-5-15-16-6-10-20(39-28(33)34)26-21(40-29(35)36)11-7-17(24(16)26)18-8-12-22(25(19)23(15)18)41-30(37)42-27/h5-12H,3-4,13-14H2,1-2H3,(H,33,34)(H,35,36). The van der Waals surface area contributed by atoms with Crippen molar-refractivity contribution in [2.24, 2.45) is 4.99 Å². The normalized spacial score (nSPS) is 14.2. The highest BCUT2D eigenvalue weighted by molar-refractivity contribution is 6.35. The largest absolute Gasteiger partial charge is 0.523 e. The van der Waals surface area contributed by atoms with Crippen LogP contribution in [0.2, 0.25) is 0 Å². The van der Waals surface area contributed by atoms with E-state index in [4.69, 9.17) is 23.7 Å². The van der Waals surface area contributed by atoms with Crippen LogP contribution in [-0.2, 0) is 4.74 Å². The van der Waals surface area contributed by atoms with Gasteiger partial charge in [-0.25, -0.2) is 19.4 Å². The third kappa shape index (κ3) is 4.57. The number of fused-ring (bicyclic) bond motifs is 2. The second kappa shape index (κ2) is 10.6. The maximum Gasteiger partial charge on any atom is 0.523 e. The van der Waals surface area contributed by atoms with Gasteiger partial charge >= 0.3 is 24.5 Å². The maximum absolute atomic E-state index is 12.6. The summed E-state index contributed by atoms with van der Waals surface area (Å²) >= 11 is 0. The lowest BCUT2D eigenvalue weighted by atomic mass is 9.88. The maximum atomic E-state index is 12.6. The van der Waals surface area contributed by atoms with Crippen molar-refractivity contribution in [1.29, 1.82) is 0 Å². The van der Waals surface area contributed by atoms with Crippen molar-refractivity contribution >= 4 is 67.6 Å². The smallest absolute Gasteiger partial charge is 0.449 e. The average molecular weight is 573 g/mol. The van der Waals surface area contributed by atoms with Crippen molar-refractivity contribution in [3.8, 4) is 23.0 Å². The molecule has 0 aromatic heterocycles. The van der Waals surface area contributed by atoms with Crippen LogP contribution in [0.4, 0.5) is 14.4 Å². The molecule has 1 heterocycles. The molecule has 0 aliphatic carbocycles. The molecule has 0 saturated carbocycles. The number of hydrogen-bond donors (Lipinski definition) is 2. The molecule has 5 aromatic carbocycles. The lowest BCUT2D eigenvalue weighted by molar-refractivity contribution is 0.135. The Bertz CT molecular complexity index is 1860. The number of carboxylic acid groups (broad SMARTS) is 2. The summed E-state index contributed by atoms with van der Waals surface area (Å²) in [6, 6.07) is 13.1. The van der Waals surface area contributed by atoms with Crippen molar-refractivity contribution in [2.45, 2.75) is 13.8 Å². The van der Waals surface area contributed by atoms with Gasteiger partial charge in [-0.05, 0) is 83.2 Å². The van der Waals surface area contributed by atoms with Crippen LogP contribution in [0.3, 0.4) is 0 Å². The zero-order valence-electron chi connectivity index (χ0n) is 22.5. The van der Waals surface area contributed by atoms with Crippen LogP contribution in [0.15, 0.2) is 53.5 Å². The molecule has 0 radical (unpaired) electrons. The molecule has 12 heteroatoms. The lowest BCUT2D eigenvalue weighted by Gasteiger charge is -2.21. The van der Waals surface area contributed by atoms with E-state index < -0.39 is 18.5 Å². The van der Waals surface area contributed by atoms with Gasteiger partial charge in [-0.1, -0.05) is 13.8 Å². The lowest BCUT2D eigenvalue weighted by Crippen LogP contribution is -2.28. The summed E-state index contributed by atoms with van der Waals surface area (Å²) in [5, 5.41) is 23.3. The Morgan fingerprint density at radius 2 is 1.21 bits per heavy atom. The molecule has 0 saturated heterocycles. The fourth-order valence-electron chi connectivity index (χ4n) is 5.48. The molecule has 0 fully saturated rings. The number of hydrogen-bond acceptors (Lipinski definition) is 10. The molecule has 0 amide bonds. The van der Waals surface area contributed by atoms with Crippen molar-refractivity contribution in [2.75, 3.05) is 26.2 Å². The minimum absolute atomic E-state index is 0.0818. The predicted molar refractivity (Wildman–Crippen MR) is 153 cm³/mol. The van der Waals surface area contributed by atoms with Gasteiger partial charge in [-0.15, -0.1) is 0 Å². The third-order valence-corrected chi connectivity index (χ3v) is 7.26. The highest BCUT2D eigenvalue weighted by atomic mass is 16.8. The summed E-state index contributed by atoms with van der Waals surface area (Å²) < 4.78 is 26.9. The Hall–Kier alpha value is -5.36. The van der Waals surface area contributed by atoms with E-state index in [1.165, 1.54) is 12.1 Å². The number of carbonyl (C=O) groups is 3. The first kappa shape index (κ1) is 26.8. The van der Waals surface area contributed by atoms with Crippen molar-refractivity contribution in [1.82, 2.24) is 4.90 Å². The summed E-state index contributed by atoms with van der Waals surface area (Å²) in [5.74, 6) is 0.411. The Balaban J connectivity index is 1.60. The molecular weight excluding hydrogens is 548 g/mol. The van der Waals surface area contributed by atoms with Crippen LogP contribution in [0.1, 0.15) is 13.8 Å². The van der Waals surface area contributed by atoms with Gasteiger partial charge in [-0.2, -0.15) is 0 Å². The van der Waals surface area contributed by atoms with E-state index >= 15 is 0 Å². The number of carbonyl (C=O) groups excluding carboxylic acids is 1. The molecule has 12 nitrogen and oxygen atoms in total. The molecule has 42 heavy (non-hydrogen) atoms. The molecule has 2 N–H and O–H groups in total. The van der Waals surface area contributed by atoms with Crippen molar-refractivity contribution in [3.63, 3.8) is 0 Å². The predicted octanol–water partition coefficient (Wildman–Crippen LogP) is 6.46. The molecule has 214 valence electrons. The van der Waals surface area contributed by atoms with E-state index in [9.17, 15) is 24.6 Å². The van der Waals surface area contributed by atoms with Crippen LogP contribution in [0.5, 0.6) is 23.0 Å². The van der Waals surface area contributed by atoms with Crippen LogP contribution in [-0.4, -0.2) is 65.8 Å². The topological polar surface area (TPSA) is 153 Å². The number of aliphatic imine (C=N–C) groups is 1. The van der Waals surface area contributed by atoms with Crippen LogP contribution in [0.25, 0.3) is 43.1 Å².